The van der Waals surface area contributed by atoms with E-state index in [4.69, 9.17) is 10.2 Å². The van der Waals surface area contributed by atoms with Crippen molar-refractivity contribution in [3.05, 3.63) is 42.3 Å². The predicted molar refractivity (Wildman–Crippen MR) is 78.3 cm³/mol. The van der Waals surface area contributed by atoms with Crippen molar-refractivity contribution in [2.75, 3.05) is 5.32 Å². The highest BCUT2D eigenvalue weighted by molar-refractivity contribution is 5.95. The molecule has 0 saturated heterocycles. The lowest BCUT2D eigenvalue weighted by Gasteiger charge is -2.13. The van der Waals surface area contributed by atoms with Crippen molar-refractivity contribution in [3.63, 3.8) is 0 Å². The van der Waals surface area contributed by atoms with Crippen molar-refractivity contribution in [1.29, 1.82) is 0 Å². The summed E-state index contributed by atoms with van der Waals surface area (Å²) in [5, 5.41) is 10.5. The average Bonchev–Trinajstić information content (AvgIpc) is 3.12. The summed E-state index contributed by atoms with van der Waals surface area (Å²) in [6.07, 6.45) is 5.65. The first-order valence-electron chi connectivity index (χ1n) is 6.75. The van der Waals surface area contributed by atoms with E-state index in [1.807, 2.05) is 37.3 Å². The van der Waals surface area contributed by atoms with Crippen molar-refractivity contribution >= 4 is 11.6 Å². The molecule has 2 aromatic rings. The normalized spacial score (nSPS) is 20.7. The topological polar surface area (TPSA) is 94.0 Å². The zero-order chi connectivity index (χ0) is 14.8. The van der Waals surface area contributed by atoms with Gasteiger partial charge in [0.15, 0.2) is 0 Å². The number of anilines is 1. The van der Waals surface area contributed by atoms with Gasteiger partial charge in [0.2, 0.25) is 18.2 Å². The second-order valence-corrected chi connectivity index (χ2v) is 5.15. The first-order chi connectivity index (χ1) is 10.1. The van der Waals surface area contributed by atoms with Crippen LogP contribution in [0.1, 0.15) is 12.0 Å². The third-order valence-electron chi connectivity index (χ3n) is 3.56. The molecule has 6 nitrogen and oxygen atoms in total. The number of hydrogen-bond acceptors (Lipinski definition) is 5. The highest BCUT2D eigenvalue weighted by Gasteiger charge is 2.23. The number of hydrogen-bond donors (Lipinski definition) is 2. The fraction of sp³-hybridized carbons (Fsp3) is 0.267. The van der Waals surface area contributed by atoms with E-state index < -0.39 is 0 Å². The number of carbonyl (C=O) groups is 1. The summed E-state index contributed by atoms with van der Waals surface area (Å²) in [7, 11) is 0. The fourth-order valence-electron chi connectivity index (χ4n) is 2.34. The van der Waals surface area contributed by atoms with Gasteiger partial charge < -0.3 is 15.5 Å². The first kappa shape index (κ1) is 13.5. The second kappa shape index (κ2) is 5.49. The molecule has 0 spiro atoms. The molecule has 1 aromatic carbocycles. The number of aromatic nitrogens is 2. The molecule has 3 N–H and O–H groups in total. The lowest BCUT2D eigenvalue weighted by molar-refractivity contribution is -0.118. The van der Waals surface area contributed by atoms with Crippen LogP contribution in [0.15, 0.2) is 41.2 Å². The highest BCUT2D eigenvalue weighted by atomic mass is 16.4. The van der Waals surface area contributed by atoms with Gasteiger partial charge in [0.25, 0.3) is 0 Å². The maximum Gasteiger partial charge on any atom is 0.247 e. The molecule has 1 aliphatic carbocycles. The van der Waals surface area contributed by atoms with Gasteiger partial charge in [-0.3, -0.25) is 4.79 Å². The van der Waals surface area contributed by atoms with Crippen LogP contribution in [0.3, 0.4) is 0 Å². The van der Waals surface area contributed by atoms with Crippen molar-refractivity contribution < 1.29 is 9.21 Å². The summed E-state index contributed by atoms with van der Waals surface area (Å²) in [5.41, 5.74) is 8.26. The molecule has 6 heteroatoms. The van der Waals surface area contributed by atoms with Crippen LogP contribution in [0.25, 0.3) is 11.5 Å². The highest BCUT2D eigenvalue weighted by Crippen LogP contribution is 2.25. The minimum atomic E-state index is -0.175. The van der Waals surface area contributed by atoms with Crippen molar-refractivity contribution in [1.82, 2.24) is 10.2 Å². The molecule has 1 aliphatic rings. The third kappa shape index (κ3) is 2.85. The molecule has 0 aliphatic heterocycles. The Hall–Kier alpha value is -2.47. The quantitative estimate of drug-likeness (QED) is 0.839. The lowest BCUT2D eigenvalue weighted by Crippen LogP contribution is -2.24. The number of nitrogens with zero attached hydrogens (tertiary/aromatic N) is 2. The van der Waals surface area contributed by atoms with Gasteiger partial charge in [0.05, 0.1) is 5.92 Å². The molecular weight excluding hydrogens is 268 g/mol. The SMILES string of the molecule is Cc1ccc(-c2nnco2)cc1NC(=O)C1C=CC(N)C1. The third-order valence-corrected chi connectivity index (χ3v) is 3.56. The summed E-state index contributed by atoms with van der Waals surface area (Å²) in [4.78, 5) is 12.2. The predicted octanol–water partition coefficient (Wildman–Crippen LogP) is 1.89. The Morgan fingerprint density at radius 2 is 2.29 bits per heavy atom. The fourth-order valence-corrected chi connectivity index (χ4v) is 2.34. The molecule has 3 rings (SSSR count). The Labute approximate surface area is 122 Å². The summed E-state index contributed by atoms with van der Waals surface area (Å²) in [6.45, 7) is 1.93. The van der Waals surface area contributed by atoms with Gasteiger partial charge in [-0.05, 0) is 31.0 Å². The van der Waals surface area contributed by atoms with Gasteiger partial charge in [0.1, 0.15) is 0 Å². The molecule has 108 valence electrons. The largest absolute Gasteiger partial charge is 0.423 e. The van der Waals surface area contributed by atoms with Gasteiger partial charge in [-0.1, -0.05) is 18.2 Å². The number of rotatable bonds is 3. The van der Waals surface area contributed by atoms with Gasteiger partial charge in [0, 0.05) is 17.3 Å². The molecule has 1 amide bonds. The van der Waals surface area contributed by atoms with Gasteiger partial charge in [-0.25, -0.2) is 0 Å². The van der Waals surface area contributed by atoms with Crippen LogP contribution >= 0.6 is 0 Å². The standard InChI is InChI=1S/C15H16N4O2/c1-9-2-3-11(15-19-17-8-21-15)7-13(9)18-14(20)10-4-5-12(16)6-10/h2-5,7-8,10,12H,6,16H2,1H3,(H,18,20). The molecule has 0 fully saturated rings. The van der Waals surface area contributed by atoms with Crippen molar-refractivity contribution in [3.8, 4) is 11.5 Å². The van der Waals surface area contributed by atoms with E-state index in [-0.39, 0.29) is 17.9 Å². The minimum Gasteiger partial charge on any atom is -0.423 e. The minimum absolute atomic E-state index is 0.0356. The van der Waals surface area contributed by atoms with Gasteiger partial charge in [-0.15, -0.1) is 10.2 Å². The molecule has 2 unspecified atom stereocenters. The van der Waals surface area contributed by atoms with Crippen molar-refractivity contribution in [2.45, 2.75) is 19.4 Å². The smallest absolute Gasteiger partial charge is 0.247 e. The Morgan fingerprint density at radius 1 is 1.43 bits per heavy atom. The number of amides is 1. The van der Waals surface area contributed by atoms with E-state index >= 15 is 0 Å². The number of carbonyl (C=O) groups excluding carboxylic acids is 1. The van der Waals surface area contributed by atoms with Crippen molar-refractivity contribution in [2.24, 2.45) is 11.7 Å². The van der Waals surface area contributed by atoms with Crippen LogP contribution < -0.4 is 11.1 Å². The number of nitrogens with one attached hydrogen (secondary N) is 1. The zero-order valence-corrected chi connectivity index (χ0v) is 11.6. The van der Waals surface area contributed by atoms with E-state index in [0.717, 1.165) is 16.8 Å². The molecule has 0 saturated carbocycles. The molecule has 21 heavy (non-hydrogen) atoms. The van der Waals surface area contributed by atoms with E-state index in [1.54, 1.807) is 0 Å². The van der Waals surface area contributed by atoms with E-state index in [2.05, 4.69) is 15.5 Å². The van der Waals surface area contributed by atoms with Crippen LogP contribution in [-0.4, -0.2) is 22.1 Å². The summed E-state index contributed by atoms with van der Waals surface area (Å²) in [6, 6.07) is 5.58. The Balaban J connectivity index is 1.80. The molecule has 1 heterocycles. The summed E-state index contributed by atoms with van der Waals surface area (Å²) in [5.74, 6) is 0.199. The Morgan fingerprint density at radius 3 is 2.95 bits per heavy atom. The number of nitrogens with two attached hydrogens (primary N) is 1. The molecule has 2 atom stereocenters. The van der Waals surface area contributed by atoms with Crippen LogP contribution in [0.4, 0.5) is 5.69 Å². The lowest BCUT2D eigenvalue weighted by atomic mass is 10.1. The van der Waals surface area contributed by atoms with Crippen LogP contribution in [0, 0.1) is 12.8 Å². The monoisotopic (exact) mass is 284 g/mol. The van der Waals surface area contributed by atoms with Crippen LogP contribution in [0.2, 0.25) is 0 Å². The molecule has 0 bridgehead atoms. The molecular formula is C15H16N4O2. The van der Waals surface area contributed by atoms with E-state index in [9.17, 15) is 4.79 Å². The van der Waals surface area contributed by atoms with Gasteiger partial charge in [-0.2, -0.15) is 0 Å². The Bertz CT molecular complexity index is 679. The second-order valence-electron chi connectivity index (χ2n) is 5.15. The zero-order valence-electron chi connectivity index (χ0n) is 11.6. The summed E-state index contributed by atoms with van der Waals surface area (Å²) >= 11 is 0. The van der Waals surface area contributed by atoms with Gasteiger partial charge >= 0.3 is 0 Å². The first-order valence-corrected chi connectivity index (χ1v) is 6.75. The van der Waals surface area contributed by atoms with E-state index in [0.29, 0.717) is 12.3 Å². The number of benzene rings is 1. The molecule has 1 aromatic heterocycles. The van der Waals surface area contributed by atoms with E-state index in [1.165, 1.54) is 6.39 Å². The number of aryl methyl sites for hydroxylation is 1. The Kier molecular flexibility index (Phi) is 3.53. The summed E-state index contributed by atoms with van der Waals surface area (Å²) < 4.78 is 5.17. The average molecular weight is 284 g/mol. The maximum atomic E-state index is 12.2. The maximum absolute atomic E-state index is 12.2. The molecule has 0 radical (unpaired) electrons. The van der Waals surface area contributed by atoms with Crippen LogP contribution in [-0.2, 0) is 4.79 Å². The van der Waals surface area contributed by atoms with Crippen LogP contribution in [0.5, 0.6) is 0 Å².